The molecule has 0 aliphatic carbocycles. The molecule has 1 aromatic heterocycles. The van der Waals surface area contributed by atoms with E-state index in [1.165, 1.54) is 11.3 Å². The molecular formula is C39H57Cl6NO11SSi. The molecule has 0 amide bonds. The minimum Gasteiger partial charge on any atom is -0.481 e. The number of hydrogen-bond acceptors (Lipinski definition) is 12. The highest BCUT2D eigenvalue weighted by Crippen LogP contribution is 2.38. The maximum absolute atomic E-state index is 14.3. The van der Waals surface area contributed by atoms with Gasteiger partial charge < -0.3 is 33.6 Å². The zero-order chi connectivity index (χ0) is 45.4. The second-order valence-electron chi connectivity index (χ2n) is 14.9. The molecule has 0 aromatic carbocycles. The molecule has 0 fully saturated rings. The molecule has 336 valence electrons. The number of aliphatic hydroxyl groups excluding tert-OH is 1. The van der Waals surface area contributed by atoms with Crippen LogP contribution in [0.3, 0.4) is 0 Å². The SMILES string of the molecule is CC[Si](CC)(CC)O[C@@H](CC(=O)O)C(C)(C)C(=O)[C@H](C)[C@@H](OC(=O)OCC(Cl)(Cl)Cl)[C@@H](C)C/C=C/C(C)=C\CC(O)/C(C)=C/c1csc(COC(=O)OCC(Cl)(Cl)Cl)n1. The molecule has 12 nitrogen and oxygen atoms in total. The molecule has 2 N–H and O–H groups in total. The van der Waals surface area contributed by atoms with E-state index >= 15 is 0 Å². The fourth-order valence-electron chi connectivity index (χ4n) is 6.04. The van der Waals surface area contributed by atoms with E-state index in [0.717, 1.165) is 23.7 Å². The summed E-state index contributed by atoms with van der Waals surface area (Å²) in [5.41, 5.74) is 0.800. The summed E-state index contributed by atoms with van der Waals surface area (Å²) in [4.78, 5) is 55.3. The number of halogens is 6. The van der Waals surface area contributed by atoms with Gasteiger partial charge in [0.1, 0.15) is 36.7 Å². The van der Waals surface area contributed by atoms with Gasteiger partial charge in [-0.25, -0.2) is 14.6 Å². The number of Topliss-reactive ketones (excluding diaryl/α,β-unsaturated/α-hetero) is 1. The molecule has 59 heavy (non-hydrogen) atoms. The van der Waals surface area contributed by atoms with Crippen LogP contribution in [0.25, 0.3) is 6.08 Å². The molecule has 5 atom stereocenters. The Morgan fingerprint density at radius 3 is 1.98 bits per heavy atom. The third-order valence-electron chi connectivity index (χ3n) is 9.87. The van der Waals surface area contributed by atoms with Gasteiger partial charge >= 0.3 is 18.3 Å². The minimum absolute atomic E-state index is 0.145. The predicted octanol–water partition coefficient (Wildman–Crippen LogP) is 11.8. The van der Waals surface area contributed by atoms with Crippen LogP contribution in [0.4, 0.5) is 9.59 Å². The van der Waals surface area contributed by atoms with Crippen molar-refractivity contribution in [3.05, 3.63) is 45.5 Å². The number of carboxylic acid groups (broad SMARTS) is 1. The van der Waals surface area contributed by atoms with Crippen molar-refractivity contribution in [3.63, 3.8) is 0 Å². The minimum atomic E-state index is -2.34. The van der Waals surface area contributed by atoms with E-state index in [9.17, 15) is 29.4 Å². The van der Waals surface area contributed by atoms with Crippen molar-refractivity contribution in [3.8, 4) is 0 Å². The molecule has 0 saturated carbocycles. The second kappa shape index (κ2) is 25.5. The largest absolute Gasteiger partial charge is 0.508 e. The van der Waals surface area contributed by atoms with Crippen molar-refractivity contribution >= 4 is 119 Å². The van der Waals surface area contributed by atoms with E-state index in [2.05, 4.69) is 4.98 Å². The second-order valence-corrected chi connectivity index (χ2v) is 25.6. The van der Waals surface area contributed by atoms with Crippen LogP contribution in [0, 0.1) is 17.3 Å². The number of aromatic nitrogens is 1. The molecule has 1 heterocycles. The first-order chi connectivity index (χ1) is 27.2. The lowest BCUT2D eigenvalue weighted by atomic mass is 9.73. The first-order valence-corrected chi connectivity index (χ1v) is 24.7. The molecule has 0 saturated heterocycles. The van der Waals surface area contributed by atoms with Crippen molar-refractivity contribution in [2.75, 3.05) is 13.2 Å². The number of aliphatic hydroxyl groups is 1. The van der Waals surface area contributed by atoms with Gasteiger partial charge in [-0.3, -0.25) is 9.59 Å². The van der Waals surface area contributed by atoms with Gasteiger partial charge in [0.25, 0.3) is 0 Å². The number of ketones is 1. The monoisotopic (exact) mass is 985 g/mol. The summed E-state index contributed by atoms with van der Waals surface area (Å²) in [6, 6.07) is 2.29. The number of hydrogen-bond donors (Lipinski definition) is 2. The number of carbonyl (C=O) groups is 4. The van der Waals surface area contributed by atoms with Gasteiger partial charge in [0, 0.05) is 10.8 Å². The lowest BCUT2D eigenvalue weighted by Gasteiger charge is -2.42. The van der Waals surface area contributed by atoms with Crippen LogP contribution in [0.2, 0.25) is 18.1 Å². The van der Waals surface area contributed by atoms with E-state index in [4.69, 9.17) is 93.0 Å². The molecular weight excluding hydrogens is 931 g/mol. The smallest absolute Gasteiger partial charge is 0.481 e. The normalized spacial score (nSPS) is 15.9. The van der Waals surface area contributed by atoms with Crippen molar-refractivity contribution in [2.24, 2.45) is 17.3 Å². The first-order valence-electron chi connectivity index (χ1n) is 19.0. The van der Waals surface area contributed by atoms with Crippen molar-refractivity contribution in [1.82, 2.24) is 4.98 Å². The molecule has 1 rings (SSSR count). The summed E-state index contributed by atoms with van der Waals surface area (Å²) >= 11 is 35.3. The Balaban J connectivity index is 3.12. The average Bonchev–Trinajstić information content (AvgIpc) is 3.60. The van der Waals surface area contributed by atoms with Gasteiger partial charge in [0.2, 0.25) is 7.59 Å². The van der Waals surface area contributed by atoms with Crippen LogP contribution in [-0.2, 0) is 39.6 Å². The number of aliphatic carboxylic acids is 1. The molecule has 0 spiro atoms. The fraction of sp³-hybridized carbons (Fsp3) is 0.667. The Hall–Kier alpha value is -1.59. The van der Waals surface area contributed by atoms with Crippen LogP contribution in [0.15, 0.2) is 34.8 Å². The molecule has 20 heteroatoms. The van der Waals surface area contributed by atoms with E-state index in [1.807, 2.05) is 52.8 Å². The van der Waals surface area contributed by atoms with Crippen molar-refractivity contribution < 1.29 is 52.8 Å². The summed E-state index contributed by atoms with van der Waals surface area (Å²) in [6.45, 7) is 15.3. The third-order valence-corrected chi connectivity index (χ3v) is 16.0. The number of thiazole rings is 1. The Bertz CT molecular complexity index is 1610. The fourth-order valence-corrected chi connectivity index (χ4v) is 10.0. The van der Waals surface area contributed by atoms with E-state index in [0.29, 0.717) is 29.1 Å². The Morgan fingerprint density at radius 1 is 0.898 bits per heavy atom. The van der Waals surface area contributed by atoms with Gasteiger partial charge in [0.15, 0.2) is 8.32 Å². The molecule has 1 aromatic rings. The molecule has 0 aliphatic heterocycles. The summed E-state index contributed by atoms with van der Waals surface area (Å²) in [5.74, 6) is -2.76. The van der Waals surface area contributed by atoms with Crippen LogP contribution in [0.5, 0.6) is 0 Å². The Morgan fingerprint density at radius 2 is 1.46 bits per heavy atom. The Kier molecular flexibility index (Phi) is 24.0. The number of rotatable bonds is 24. The molecule has 0 aliphatic rings. The van der Waals surface area contributed by atoms with Crippen LogP contribution >= 0.6 is 80.9 Å². The van der Waals surface area contributed by atoms with Crippen LogP contribution < -0.4 is 0 Å². The number of alkyl halides is 6. The van der Waals surface area contributed by atoms with E-state index in [-0.39, 0.29) is 18.8 Å². The van der Waals surface area contributed by atoms with Crippen LogP contribution in [-0.4, -0.2) is 86.7 Å². The first kappa shape index (κ1) is 55.4. The van der Waals surface area contributed by atoms with Crippen molar-refractivity contribution in [1.29, 1.82) is 0 Å². The lowest BCUT2D eigenvalue weighted by Crippen LogP contribution is -2.51. The van der Waals surface area contributed by atoms with Crippen LogP contribution in [0.1, 0.15) is 92.3 Å². The summed E-state index contributed by atoms with van der Waals surface area (Å²) in [5, 5.41) is 22.9. The molecule has 1 unspecified atom stereocenters. The summed E-state index contributed by atoms with van der Waals surface area (Å²) < 4.78 is 23.5. The zero-order valence-electron chi connectivity index (χ0n) is 34.8. The average molecular weight is 989 g/mol. The highest BCUT2D eigenvalue weighted by atomic mass is 35.6. The highest BCUT2D eigenvalue weighted by Gasteiger charge is 2.47. The number of ether oxygens (including phenoxy) is 4. The van der Waals surface area contributed by atoms with Gasteiger partial charge in [-0.05, 0) is 62.4 Å². The number of carbonyl (C=O) groups excluding carboxylic acids is 3. The maximum atomic E-state index is 14.3. The zero-order valence-corrected chi connectivity index (χ0v) is 41.2. The standard InChI is InChI=1S/C39H57Cl6NO11SSi/c1-10-59(11-2,12-3)57-30(19-32(48)49)37(8,9)34(50)27(7)33(56-36(52)55-23-39(43,44)45)25(5)15-13-14-24(4)16-17-29(47)26(6)18-28-21-58-31(46-28)20-53-35(51)54-22-38(40,41)42/h13-14,16,18,21,25,27,29-30,33,47H,10-12,15,17,19-20,22-23H2,1-9H3,(H,48,49)/b14-13+,24-16-,26-18+/t25-,27+,29?,30-,33-/m0/s1. The number of nitrogens with zero attached hydrogens (tertiary/aromatic N) is 1. The number of allylic oxidation sites excluding steroid dienone is 3. The predicted molar refractivity (Wildman–Crippen MR) is 238 cm³/mol. The van der Waals surface area contributed by atoms with Crippen molar-refractivity contribution in [2.45, 2.75) is 132 Å². The lowest BCUT2D eigenvalue weighted by molar-refractivity contribution is -0.147. The third kappa shape index (κ3) is 20.9. The van der Waals surface area contributed by atoms with Gasteiger partial charge in [-0.2, -0.15) is 0 Å². The summed E-state index contributed by atoms with van der Waals surface area (Å²) in [7, 11) is -2.34. The maximum Gasteiger partial charge on any atom is 0.508 e. The topological polar surface area (TPSA) is 168 Å². The quantitative estimate of drug-likeness (QED) is 0.0436. The highest BCUT2D eigenvalue weighted by molar-refractivity contribution is 7.09. The summed E-state index contributed by atoms with van der Waals surface area (Å²) in [6.07, 6.45) is 2.71. The van der Waals surface area contributed by atoms with Gasteiger partial charge in [0.05, 0.1) is 30.2 Å². The van der Waals surface area contributed by atoms with Gasteiger partial charge in [-0.1, -0.05) is 142 Å². The number of carboxylic acids is 1. The van der Waals surface area contributed by atoms with Gasteiger partial charge in [-0.15, -0.1) is 11.3 Å². The van der Waals surface area contributed by atoms with E-state index < -0.39 is 83.0 Å². The molecule has 0 radical (unpaired) electrons. The Labute approximate surface area is 382 Å². The van der Waals surface area contributed by atoms with E-state index in [1.54, 1.807) is 39.2 Å². The molecule has 0 bridgehead atoms.